The second-order valence-corrected chi connectivity index (χ2v) is 11.8. The summed E-state index contributed by atoms with van der Waals surface area (Å²) >= 11 is 6.03. The maximum Gasteiger partial charge on any atom is 0.311 e. The maximum absolute atomic E-state index is 14.3. The zero-order valence-electron chi connectivity index (χ0n) is 22.3. The molecule has 39 heavy (non-hydrogen) atoms. The van der Waals surface area contributed by atoms with E-state index in [0.717, 1.165) is 11.1 Å². The van der Waals surface area contributed by atoms with Gasteiger partial charge in [0.2, 0.25) is 0 Å². The van der Waals surface area contributed by atoms with Crippen molar-refractivity contribution in [2.75, 3.05) is 13.2 Å². The van der Waals surface area contributed by atoms with E-state index in [9.17, 15) is 22.6 Å². The Morgan fingerprint density at radius 1 is 1.08 bits per heavy atom. The lowest BCUT2D eigenvalue weighted by molar-refractivity contribution is -0.149. The van der Waals surface area contributed by atoms with Gasteiger partial charge in [-0.25, -0.2) is 4.39 Å². The van der Waals surface area contributed by atoms with Gasteiger partial charge in [-0.2, -0.15) is 8.42 Å². The molecule has 1 N–H and O–H groups in total. The monoisotopic (exact) mass is 574 g/mol. The summed E-state index contributed by atoms with van der Waals surface area (Å²) in [5.74, 6) is -1.97. The Morgan fingerprint density at radius 2 is 1.74 bits per heavy atom. The second kappa shape index (κ2) is 14.1. The fraction of sp³-hybridized carbons (Fsp3) is 0.345. The smallest absolute Gasteiger partial charge is 0.311 e. The Labute approximate surface area is 235 Å². The SMILES string of the molecule is CCOC(=O)[C@H](COS(=O)(=O)c1ccc(C)cc1)C[C@H](CB(C)O)Cc1ccc(-c2cc(Cl)ccc2F)cc1. The molecule has 0 spiro atoms. The molecule has 0 aromatic heterocycles. The molecule has 208 valence electrons. The highest BCUT2D eigenvalue weighted by Gasteiger charge is 2.29. The molecule has 0 saturated carbocycles. The number of carbonyl (C=O) groups excluding carboxylic acids is 1. The number of halogens is 2. The molecule has 6 nitrogen and oxygen atoms in total. The molecule has 2 atom stereocenters. The van der Waals surface area contributed by atoms with Crippen molar-refractivity contribution < 1.29 is 31.5 Å². The summed E-state index contributed by atoms with van der Waals surface area (Å²) in [5.41, 5.74) is 2.89. The van der Waals surface area contributed by atoms with Crippen LogP contribution in [0.4, 0.5) is 4.39 Å². The highest BCUT2D eigenvalue weighted by Crippen LogP contribution is 2.29. The van der Waals surface area contributed by atoms with Crippen molar-refractivity contribution >= 4 is 34.6 Å². The van der Waals surface area contributed by atoms with Gasteiger partial charge in [-0.15, -0.1) is 0 Å². The molecule has 0 saturated heterocycles. The molecule has 0 aliphatic heterocycles. The van der Waals surface area contributed by atoms with E-state index in [2.05, 4.69) is 0 Å². The average Bonchev–Trinajstić information content (AvgIpc) is 2.88. The third-order valence-corrected chi connectivity index (χ3v) is 7.89. The predicted molar refractivity (Wildman–Crippen MR) is 152 cm³/mol. The number of rotatable bonds is 13. The van der Waals surface area contributed by atoms with E-state index in [-0.39, 0.29) is 36.3 Å². The first-order chi connectivity index (χ1) is 18.5. The number of hydrogen-bond acceptors (Lipinski definition) is 6. The van der Waals surface area contributed by atoms with Gasteiger partial charge in [-0.05, 0) is 80.4 Å². The van der Waals surface area contributed by atoms with Gasteiger partial charge in [0.1, 0.15) is 5.82 Å². The van der Waals surface area contributed by atoms with Crippen LogP contribution in [0.3, 0.4) is 0 Å². The molecular weight excluding hydrogens is 542 g/mol. The average molecular weight is 575 g/mol. The molecule has 0 amide bonds. The normalized spacial score (nSPS) is 13.1. The summed E-state index contributed by atoms with van der Waals surface area (Å²) in [7, 11) is -4.07. The molecular formula is C29H33BClFO6S. The standard InChI is InChI=1S/C29H33BClFO6S/c1-4-37-29(33)24(19-38-39(35,36)26-12-5-20(2)6-13-26)16-22(18-30(3)34)15-21-7-9-23(10-8-21)27-17-25(31)11-14-28(27)32/h5-14,17,22,24,34H,4,15-16,18-19H2,1-3H3/t22-,24+/m1/s1. The first-order valence-corrected chi connectivity index (χ1v) is 14.6. The van der Waals surface area contributed by atoms with Crippen LogP contribution in [0, 0.1) is 24.6 Å². The van der Waals surface area contributed by atoms with E-state index < -0.39 is 28.9 Å². The van der Waals surface area contributed by atoms with E-state index in [0.29, 0.717) is 28.9 Å². The summed E-state index contributed by atoms with van der Waals surface area (Å²) in [5, 5.41) is 10.6. The van der Waals surface area contributed by atoms with Gasteiger partial charge in [-0.3, -0.25) is 8.98 Å². The number of ether oxygens (including phenoxy) is 1. The minimum absolute atomic E-state index is 0.00692. The first-order valence-electron chi connectivity index (χ1n) is 12.8. The zero-order chi connectivity index (χ0) is 28.6. The van der Waals surface area contributed by atoms with Crippen molar-refractivity contribution in [2.45, 2.75) is 44.7 Å². The van der Waals surface area contributed by atoms with Gasteiger partial charge in [0.15, 0.2) is 0 Å². The molecule has 3 rings (SSSR count). The third kappa shape index (κ3) is 9.17. The lowest BCUT2D eigenvalue weighted by Gasteiger charge is -2.23. The lowest BCUT2D eigenvalue weighted by Crippen LogP contribution is -2.28. The van der Waals surface area contributed by atoms with Crippen LogP contribution >= 0.6 is 11.6 Å². The number of benzene rings is 3. The molecule has 0 radical (unpaired) electrons. The van der Waals surface area contributed by atoms with Crippen LogP contribution in [0.25, 0.3) is 11.1 Å². The van der Waals surface area contributed by atoms with Crippen LogP contribution in [0.5, 0.6) is 0 Å². The van der Waals surface area contributed by atoms with Gasteiger partial charge in [0.05, 0.1) is 24.0 Å². The van der Waals surface area contributed by atoms with Crippen molar-refractivity contribution in [1.82, 2.24) is 0 Å². The van der Waals surface area contributed by atoms with Gasteiger partial charge in [0.25, 0.3) is 17.0 Å². The third-order valence-electron chi connectivity index (χ3n) is 6.36. The largest absolute Gasteiger partial charge is 0.466 e. The molecule has 0 heterocycles. The van der Waals surface area contributed by atoms with E-state index in [4.69, 9.17) is 20.5 Å². The van der Waals surface area contributed by atoms with Gasteiger partial charge < -0.3 is 9.76 Å². The number of carbonyl (C=O) groups is 1. The van der Waals surface area contributed by atoms with Crippen LogP contribution in [-0.2, 0) is 30.3 Å². The molecule has 0 aliphatic rings. The quantitative estimate of drug-likeness (QED) is 0.148. The lowest BCUT2D eigenvalue weighted by atomic mass is 9.62. The van der Waals surface area contributed by atoms with E-state index >= 15 is 0 Å². The summed E-state index contributed by atoms with van der Waals surface area (Å²) in [6, 6.07) is 18.0. The van der Waals surface area contributed by atoms with E-state index in [1.807, 2.05) is 19.1 Å². The molecule has 0 aliphatic carbocycles. The van der Waals surface area contributed by atoms with Crippen molar-refractivity contribution in [1.29, 1.82) is 0 Å². The van der Waals surface area contributed by atoms with Gasteiger partial charge in [-0.1, -0.05) is 60.4 Å². The summed E-state index contributed by atoms with van der Waals surface area (Å²) < 4.78 is 50.2. The molecule has 0 bridgehead atoms. The van der Waals surface area contributed by atoms with Gasteiger partial charge in [0, 0.05) is 10.6 Å². The topological polar surface area (TPSA) is 89.9 Å². The van der Waals surface area contributed by atoms with Crippen molar-refractivity contribution in [2.24, 2.45) is 11.8 Å². The molecule has 10 heteroatoms. The van der Waals surface area contributed by atoms with E-state index in [1.165, 1.54) is 24.3 Å². The van der Waals surface area contributed by atoms with Crippen molar-refractivity contribution in [3.63, 3.8) is 0 Å². The minimum Gasteiger partial charge on any atom is -0.466 e. The Balaban J connectivity index is 1.76. The highest BCUT2D eigenvalue weighted by atomic mass is 35.5. The Morgan fingerprint density at radius 3 is 2.36 bits per heavy atom. The summed E-state index contributed by atoms with van der Waals surface area (Å²) in [6.45, 7) is 4.31. The van der Waals surface area contributed by atoms with Gasteiger partial charge >= 0.3 is 5.97 Å². The first kappa shape index (κ1) is 30.8. The Hall–Kier alpha value is -2.72. The van der Waals surface area contributed by atoms with Crippen LogP contribution in [0.2, 0.25) is 18.2 Å². The molecule has 3 aromatic carbocycles. The molecule has 0 unspecified atom stereocenters. The van der Waals surface area contributed by atoms with Crippen LogP contribution < -0.4 is 0 Å². The van der Waals surface area contributed by atoms with Crippen LogP contribution in [-0.4, -0.2) is 39.5 Å². The minimum atomic E-state index is -4.07. The number of esters is 1. The van der Waals surface area contributed by atoms with Crippen LogP contribution in [0.15, 0.2) is 71.6 Å². The summed E-state index contributed by atoms with van der Waals surface area (Å²) in [4.78, 5) is 12.8. The number of hydrogen-bond donors (Lipinski definition) is 1. The predicted octanol–water partition coefficient (Wildman–Crippen LogP) is 6.20. The van der Waals surface area contributed by atoms with E-state index in [1.54, 1.807) is 44.1 Å². The second-order valence-electron chi connectivity index (χ2n) is 9.71. The molecule has 0 fully saturated rings. The van der Waals surface area contributed by atoms with Crippen molar-refractivity contribution in [3.05, 3.63) is 88.7 Å². The van der Waals surface area contributed by atoms with Crippen molar-refractivity contribution in [3.8, 4) is 11.1 Å². The Kier molecular flexibility index (Phi) is 11.1. The Bertz CT molecular complexity index is 1350. The fourth-order valence-electron chi connectivity index (χ4n) is 4.46. The zero-order valence-corrected chi connectivity index (χ0v) is 23.8. The maximum atomic E-state index is 14.3. The number of aryl methyl sites for hydroxylation is 1. The van der Waals surface area contributed by atoms with Crippen LogP contribution in [0.1, 0.15) is 24.5 Å². The summed E-state index contributed by atoms with van der Waals surface area (Å²) in [6.07, 6.45) is 1.13. The highest BCUT2D eigenvalue weighted by molar-refractivity contribution is 7.86. The molecule has 3 aromatic rings. The fourth-order valence-corrected chi connectivity index (χ4v) is 5.58.